The van der Waals surface area contributed by atoms with Crippen molar-refractivity contribution in [3.63, 3.8) is 0 Å². The Morgan fingerprint density at radius 3 is 2.82 bits per heavy atom. The second kappa shape index (κ2) is 5.58. The summed E-state index contributed by atoms with van der Waals surface area (Å²) in [5.41, 5.74) is 0. The Morgan fingerprint density at radius 1 is 1.82 bits per heavy atom. The van der Waals surface area contributed by atoms with E-state index < -0.39 is 12.0 Å². The van der Waals surface area contributed by atoms with Gasteiger partial charge in [0.05, 0.1) is 7.11 Å². The van der Waals surface area contributed by atoms with E-state index in [9.17, 15) is 9.59 Å². The summed E-state index contributed by atoms with van der Waals surface area (Å²) in [6.45, 7) is -0.217. The number of rotatable bonds is 4. The third-order valence-corrected chi connectivity index (χ3v) is 1.08. The quantitative estimate of drug-likeness (QED) is 0.332. The molecule has 0 fully saturated rings. The van der Waals surface area contributed by atoms with Gasteiger partial charge in [0.2, 0.25) is 6.08 Å². The van der Waals surface area contributed by atoms with Gasteiger partial charge in [-0.2, -0.15) is 4.99 Å². The summed E-state index contributed by atoms with van der Waals surface area (Å²) in [5.74, 6) is -0.637. The number of hydrogen-bond donors (Lipinski definition) is 1. The number of nitrogens with zero attached hydrogens (tertiary/aromatic N) is 1. The fourth-order valence-electron chi connectivity index (χ4n) is 0.557. The lowest BCUT2D eigenvalue weighted by molar-refractivity contribution is -0.142. The van der Waals surface area contributed by atoms with Crippen molar-refractivity contribution in [1.29, 1.82) is 0 Å². The fraction of sp³-hybridized carbons (Fsp3) is 0.667. The first-order chi connectivity index (χ1) is 5.26. The van der Waals surface area contributed by atoms with Gasteiger partial charge < -0.3 is 9.84 Å². The maximum atomic E-state index is 10.7. The number of esters is 1. The minimum absolute atomic E-state index is 0.0852. The minimum Gasteiger partial charge on any atom is -0.467 e. The lowest BCUT2D eigenvalue weighted by atomic mass is 10.2. The molecular formula is C6H9NO4. The third kappa shape index (κ3) is 3.50. The molecule has 5 nitrogen and oxygen atoms in total. The van der Waals surface area contributed by atoms with Crippen LogP contribution in [0.25, 0.3) is 0 Å². The van der Waals surface area contributed by atoms with Crippen molar-refractivity contribution in [3.05, 3.63) is 0 Å². The Kier molecular flexibility index (Phi) is 4.98. The van der Waals surface area contributed by atoms with Gasteiger partial charge in [-0.05, 0) is 0 Å². The molecule has 1 N–H and O–H groups in total. The van der Waals surface area contributed by atoms with Crippen LogP contribution in [0.4, 0.5) is 0 Å². The lowest BCUT2D eigenvalue weighted by Gasteiger charge is -2.04. The van der Waals surface area contributed by atoms with Crippen LogP contribution in [-0.4, -0.2) is 36.9 Å². The van der Waals surface area contributed by atoms with Gasteiger partial charge in [0.1, 0.15) is 0 Å². The lowest BCUT2D eigenvalue weighted by Crippen LogP contribution is -2.21. The minimum atomic E-state index is -0.914. The summed E-state index contributed by atoms with van der Waals surface area (Å²) in [5, 5.41) is 8.41. The van der Waals surface area contributed by atoms with Gasteiger partial charge in [-0.3, -0.25) is 0 Å². The van der Waals surface area contributed by atoms with Crippen LogP contribution >= 0.6 is 0 Å². The van der Waals surface area contributed by atoms with Crippen molar-refractivity contribution in [3.8, 4) is 0 Å². The van der Waals surface area contributed by atoms with Crippen LogP contribution in [0.2, 0.25) is 0 Å². The summed E-state index contributed by atoms with van der Waals surface area (Å²) >= 11 is 0. The molecule has 1 atom stereocenters. The van der Waals surface area contributed by atoms with E-state index in [-0.39, 0.29) is 13.0 Å². The van der Waals surface area contributed by atoms with Gasteiger partial charge in [-0.1, -0.05) is 0 Å². The number of aliphatic imine (C=N–C) groups is 1. The SMILES string of the molecule is COC(=O)C(CCO)N=C=O. The van der Waals surface area contributed by atoms with Crippen LogP contribution in [-0.2, 0) is 14.3 Å². The van der Waals surface area contributed by atoms with E-state index in [1.807, 2.05) is 0 Å². The normalized spacial score (nSPS) is 11.5. The Morgan fingerprint density at radius 2 is 2.45 bits per heavy atom. The average Bonchev–Trinajstić information content (AvgIpc) is 2.03. The van der Waals surface area contributed by atoms with E-state index >= 15 is 0 Å². The molecule has 11 heavy (non-hydrogen) atoms. The second-order valence-corrected chi connectivity index (χ2v) is 1.77. The van der Waals surface area contributed by atoms with Gasteiger partial charge in [-0.15, -0.1) is 0 Å². The summed E-state index contributed by atoms with van der Waals surface area (Å²) in [6.07, 6.45) is 1.32. The molecule has 0 radical (unpaired) electrons. The van der Waals surface area contributed by atoms with E-state index in [2.05, 4.69) is 9.73 Å². The van der Waals surface area contributed by atoms with Crippen LogP contribution in [0.3, 0.4) is 0 Å². The molecule has 0 saturated heterocycles. The zero-order valence-corrected chi connectivity index (χ0v) is 6.11. The Labute approximate surface area is 63.7 Å². The van der Waals surface area contributed by atoms with Crippen molar-refractivity contribution in [2.45, 2.75) is 12.5 Å². The summed E-state index contributed by atoms with van der Waals surface area (Å²) < 4.78 is 4.29. The van der Waals surface area contributed by atoms with E-state index in [0.29, 0.717) is 0 Å². The maximum Gasteiger partial charge on any atom is 0.331 e. The van der Waals surface area contributed by atoms with Gasteiger partial charge in [0.25, 0.3) is 0 Å². The van der Waals surface area contributed by atoms with Crippen LogP contribution in [0.1, 0.15) is 6.42 Å². The van der Waals surface area contributed by atoms with Crippen molar-refractivity contribution >= 4 is 12.0 Å². The van der Waals surface area contributed by atoms with Crippen molar-refractivity contribution in [2.24, 2.45) is 4.99 Å². The number of aliphatic hydroxyl groups excluding tert-OH is 1. The first kappa shape index (κ1) is 9.81. The Hall–Kier alpha value is -1.19. The number of hydrogen-bond acceptors (Lipinski definition) is 5. The third-order valence-electron chi connectivity index (χ3n) is 1.08. The average molecular weight is 159 g/mol. The highest BCUT2D eigenvalue weighted by Crippen LogP contribution is 1.98. The number of carbonyl (C=O) groups excluding carboxylic acids is 2. The molecule has 0 rings (SSSR count). The van der Waals surface area contributed by atoms with Gasteiger partial charge in [-0.25, -0.2) is 9.59 Å². The molecule has 0 aromatic carbocycles. The predicted molar refractivity (Wildman–Crippen MR) is 35.6 cm³/mol. The summed E-state index contributed by atoms with van der Waals surface area (Å²) in [7, 11) is 1.19. The first-order valence-corrected chi connectivity index (χ1v) is 3.02. The molecule has 62 valence electrons. The zero-order chi connectivity index (χ0) is 8.69. The van der Waals surface area contributed by atoms with Gasteiger partial charge in [0, 0.05) is 13.0 Å². The summed E-state index contributed by atoms with van der Waals surface area (Å²) in [6, 6.07) is -0.914. The molecule has 0 spiro atoms. The highest BCUT2D eigenvalue weighted by atomic mass is 16.5. The standard InChI is InChI=1S/C6H9NO4/c1-11-6(10)5(2-3-8)7-4-9/h5,8H,2-3H2,1H3. The predicted octanol–water partition coefficient (Wildman–Crippen LogP) is -0.754. The fourth-order valence-corrected chi connectivity index (χ4v) is 0.557. The van der Waals surface area contributed by atoms with E-state index in [4.69, 9.17) is 5.11 Å². The number of aliphatic hydroxyl groups is 1. The highest BCUT2D eigenvalue weighted by Gasteiger charge is 2.16. The molecule has 1 unspecified atom stereocenters. The smallest absolute Gasteiger partial charge is 0.331 e. The highest BCUT2D eigenvalue weighted by molar-refractivity contribution is 5.76. The zero-order valence-electron chi connectivity index (χ0n) is 6.11. The van der Waals surface area contributed by atoms with Gasteiger partial charge in [0.15, 0.2) is 6.04 Å². The number of carbonyl (C=O) groups is 1. The topological polar surface area (TPSA) is 76.0 Å². The van der Waals surface area contributed by atoms with Crippen LogP contribution < -0.4 is 0 Å². The number of methoxy groups -OCH3 is 1. The van der Waals surface area contributed by atoms with Crippen LogP contribution in [0.5, 0.6) is 0 Å². The van der Waals surface area contributed by atoms with E-state index in [1.165, 1.54) is 13.2 Å². The molecule has 5 heteroatoms. The van der Waals surface area contributed by atoms with Gasteiger partial charge >= 0.3 is 5.97 Å². The molecule has 0 bridgehead atoms. The molecule has 0 aromatic rings. The molecule has 0 aliphatic carbocycles. The largest absolute Gasteiger partial charge is 0.467 e. The van der Waals surface area contributed by atoms with Crippen molar-refractivity contribution < 1.29 is 19.4 Å². The maximum absolute atomic E-state index is 10.7. The van der Waals surface area contributed by atoms with Crippen molar-refractivity contribution in [2.75, 3.05) is 13.7 Å². The molecular weight excluding hydrogens is 150 g/mol. The van der Waals surface area contributed by atoms with E-state index in [1.54, 1.807) is 0 Å². The summed E-state index contributed by atoms with van der Waals surface area (Å²) in [4.78, 5) is 23.6. The molecule has 0 heterocycles. The number of ether oxygens (including phenoxy) is 1. The van der Waals surface area contributed by atoms with Crippen molar-refractivity contribution in [1.82, 2.24) is 0 Å². The monoisotopic (exact) mass is 159 g/mol. The second-order valence-electron chi connectivity index (χ2n) is 1.77. The Bertz CT molecular complexity index is 173. The molecule has 0 saturated carbocycles. The number of isocyanates is 1. The Balaban J connectivity index is 4.08. The van der Waals surface area contributed by atoms with Crippen LogP contribution in [0.15, 0.2) is 4.99 Å². The first-order valence-electron chi connectivity index (χ1n) is 3.02. The molecule has 0 aromatic heterocycles. The van der Waals surface area contributed by atoms with Crippen LogP contribution in [0, 0.1) is 0 Å². The molecule has 0 aliphatic rings. The molecule has 0 amide bonds. The van der Waals surface area contributed by atoms with E-state index in [0.717, 1.165) is 0 Å². The molecule has 0 aliphatic heterocycles.